The first-order valence-electron chi connectivity index (χ1n) is 4.98. The van der Waals surface area contributed by atoms with E-state index in [2.05, 4.69) is 15.6 Å². The topological polar surface area (TPSA) is 97.1 Å². The van der Waals surface area contributed by atoms with Crippen molar-refractivity contribution in [3.63, 3.8) is 0 Å². The van der Waals surface area contributed by atoms with Crippen molar-refractivity contribution in [1.82, 2.24) is 15.6 Å². The van der Waals surface area contributed by atoms with Gasteiger partial charge in [-0.1, -0.05) is 0 Å². The fourth-order valence-corrected chi connectivity index (χ4v) is 1.87. The molecule has 0 radical (unpaired) electrons. The fraction of sp³-hybridized carbons (Fsp3) is 0.300. The van der Waals surface area contributed by atoms with Crippen molar-refractivity contribution in [3.05, 3.63) is 18.3 Å². The Hall–Kier alpha value is -1.76. The molecular weight excluding hydrogens is 240 g/mol. The van der Waals surface area contributed by atoms with E-state index in [-0.39, 0.29) is 12.3 Å². The number of nitrogens with two attached hydrogens (primary N) is 1. The first-order valence-corrected chi connectivity index (χ1v) is 5.97. The Kier molecular flexibility index (Phi) is 5.28. The van der Waals surface area contributed by atoms with Gasteiger partial charge in [-0.05, 0) is 12.1 Å². The van der Waals surface area contributed by atoms with Crippen LogP contribution in [-0.2, 0) is 4.79 Å². The van der Waals surface area contributed by atoms with Crippen LogP contribution in [-0.4, -0.2) is 29.7 Å². The molecule has 0 aliphatic carbocycles. The number of hydrogen-bond donors (Lipinski definition) is 3. The molecule has 0 aromatic carbocycles. The highest BCUT2D eigenvalue weighted by atomic mass is 32.2. The van der Waals surface area contributed by atoms with Crippen LogP contribution in [0.2, 0.25) is 0 Å². The first-order chi connectivity index (χ1) is 8.13. The van der Waals surface area contributed by atoms with E-state index in [0.717, 1.165) is 0 Å². The molecule has 0 bridgehead atoms. The van der Waals surface area contributed by atoms with Crippen LogP contribution in [0.4, 0.5) is 10.5 Å². The summed E-state index contributed by atoms with van der Waals surface area (Å²) in [5, 5.41) is 5.17. The molecule has 17 heavy (non-hydrogen) atoms. The summed E-state index contributed by atoms with van der Waals surface area (Å²) >= 11 is 1.38. The zero-order chi connectivity index (χ0) is 12.7. The van der Waals surface area contributed by atoms with E-state index in [0.29, 0.717) is 16.5 Å². The van der Waals surface area contributed by atoms with Gasteiger partial charge in [0, 0.05) is 25.4 Å². The zero-order valence-corrected chi connectivity index (χ0v) is 10.2. The summed E-state index contributed by atoms with van der Waals surface area (Å²) in [7, 11) is 1.45. The highest BCUT2D eigenvalue weighted by molar-refractivity contribution is 7.99. The minimum atomic E-state index is -0.502. The Balaban J connectivity index is 2.31. The summed E-state index contributed by atoms with van der Waals surface area (Å²) < 4.78 is 0. The molecule has 1 aromatic heterocycles. The van der Waals surface area contributed by atoms with Crippen LogP contribution in [0.3, 0.4) is 0 Å². The Labute approximate surface area is 103 Å². The van der Waals surface area contributed by atoms with Crippen LogP contribution < -0.4 is 16.4 Å². The molecule has 92 valence electrons. The second kappa shape index (κ2) is 6.74. The van der Waals surface area contributed by atoms with Crippen LogP contribution in [0, 0.1) is 0 Å². The van der Waals surface area contributed by atoms with Crippen LogP contribution in [0.1, 0.15) is 6.42 Å². The third-order valence-electron chi connectivity index (χ3n) is 1.85. The number of nitrogens with zero attached hydrogens (tertiary/aromatic N) is 1. The number of urea groups is 1. The quantitative estimate of drug-likeness (QED) is 0.684. The maximum atomic E-state index is 11.3. The summed E-state index contributed by atoms with van der Waals surface area (Å²) in [6.07, 6.45) is 1.87. The Morgan fingerprint density at radius 2 is 2.29 bits per heavy atom. The fourth-order valence-electron chi connectivity index (χ4n) is 1.02. The normalized spacial score (nSPS) is 9.71. The van der Waals surface area contributed by atoms with Crippen LogP contribution >= 0.6 is 11.8 Å². The zero-order valence-electron chi connectivity index (χ0n) is 9.40. The van der Waals surface area contributed by atoms with E-state index < -0.39 is 6.03 Å². The molecule has 0 fully saturated rings. The van der Waals surface area contributed by atoms with Gasteiger partial charge in [0.1, 0.15) is 5.03 Å². The standard InChI is InChI=1S/C10H14N4O2S/c1-12-10(16)14-8(15)4-6-17-9-7(11)3-2-5-13-9/h2-3,5H,4,6,11H2,1H3,(H2,12,14,15,16). The molecular formula is C10H14N4O2S. The summed E-state index contributed by atoms with van der Waals surface area (Å²) in [4.78, 5) is 26.2. The molecule has 0 unspecified atom stereocenters. The summed E-state index contributed by atoms with van der Waals surface area (Å²) in [6.45, 7) is 0. The molecule has 0 saturated carbocycles. The van der Waals surface area contributed by atoms with Crippen molar-refractivity contribution < 1.29 is 9.59 Å². The van der Waals surface area contributed by atoms with Crippen molar-refractivity contribution in [2.75, 3.05) is 18.5 Å². The van der Waals surface area contributed by atoms with Crippen molar-refractivity contribution in [2.45, 2.75) is 11.4 Å². The van der Waals surface area contributed by atoms with Crippen LogP contribution in [0.15, 0.2) is 23.4 Å². The molecule has 3 amide bonds. The van der Waals surface area contributed by atoms with Gasteiger partial charge in [0.25, 0.3) is 0 Å². The second-order valence-electron chi connectivity index (χ2n) is 3.12. The van der Waals surface area contributed by atoms with Crippen LogP contribution in [0.5, 0.6) is 0 Å². The van der Waals surface area contributed by atoms with Gasteiger partial charge in [-0.25, -0.2) is 9.78 Å². The number of thioether (sulfide) groups is 1. The second-order valence-corrected chi connectivity index (χ2v) is 4.21. The highest BCUT2D eigenvalue weighted by Gasteiger charge is 2.07. The van der Waals surface area contributed by atoms with E-state index in [1.807, 2.05) is 0 Å². The molecule has 6 nitrogen and oxygen atoms in total. The van der Waals surface area contributed by atoms with Crippen LogP contribution in [0.25, 0.3) is 0 Å². The Morgan fingerprint density at radius 1 is 1.53 bits per heavy atom. The van der Waals surface area contributed by atoms with E-state index in [9.17, 15) is 9.59 Å². The third kappa shape index (κ3) is 4.73. The number of hydrogen-bond acceptors (Lipinski definition) is 5. The lowest BCUT2D eigenvalue weighted by Gasteiger charge is -2.04. The van der Waals surface area contributed by atoms with E-state index in [4.69, 9.17) is 5.73 Å². The number of aromatic nitrogens is 1. The smallest absolute Gasteiger partial charge is 0.321 e. The van der Waals surface area contributed by atoms with E-state index in [1.54, 1.807) is 18.3 Å². The predicted octanol–water partition coefficient (Wildman–Crippen LogP) is 0.602. The number of carbonyl (C=O) groups is 2. The number of imide groups is 1. The predicted molar refractivity (Wildman–Crippen MR) is 66.6 cm³/mol. The van der Waals surface area contributed by atoms with Gasteiger partial charge in [0.15, 0.2) is 0 Å². The lowest BCUT2D eigenvalue weighted by molar-refractivity contribution is -0.119. The number of amides is 3. The molecule has 0 aliphatic heterocycles. The van der Waals surface area contributed by atoms with Crippen molar-refractivity contribution >= 4 is 29.4 Å². The number of rotatable bonds is 4. The van der Waals surface area contributed by atoms with E-state index in [1.165, 1.54) is 18.8 Å². The SMILES string of the molecule is CNC(=O)NC(=O)CCSc1ncccc1N. The van der Waals surface area contributed by atoms with Gasteiger partial charge >= 0.3 is 6.03 Å². The number of anilines is 1. The molecule has 4 N–H and O–H groups in total. The molecule has 0 saturated heterocycles. The van der Waals surface area contributed by atoms with Crippen molar-refractivity contribution in [2.24, 2.45) is 0 Å². The number of nitrogen functional groups attached to an aromatic ring is 1. The molecule has 0 atom stereocenters. The van der Waals surface area contributed by atoms with E-state index >= 15 is 0 Å². The molecule has 1 rings (SSSR count). The van der Waals surface area contributed by atoms with Gasteiger partial charge in [0.05, 0.1) is 5.69 Å². The molecule has 0 spiro atoms. The lowest BCUT2D eigenvalue weighted by Crippen LogP contribution is -2.37. The van der Waals surface area contributed by atoms with Gasteiger partial charge in [-0.2, -0.15) is 0 Å². The van der Waals surface area contributed by atoms with Gasteiger partial charge in [0.2, 0.25) is 5.91 Å². The van der Waals surface area contributed by atoms with Gasteiger partial charge in [-0.15, -0.1) is 11.8 Å². The van der Waals surface area contributed by atoms with Gasteiger partial charge in [-0.3, -0.25) is 10.1 Å². The first kappa shape index (κ1) is 13.3. The minimum absolute atomic E-state index is 0.230. The summed E-state index contributed by atoms with van der Waals surface area (Å²) in [5.74, 6) is 0.190. The average Bonchev–Trinajstić information content (AvgIpc) is 2.31. The van der Waals surface area contributed by atoms with Crippen molar-refractivity contribution in [3.8, 4) is 0 Å². The van der Waals surface area contributed by atoms with Crippen molar-refractivity contribution in [1.29, 1.82) is 0 Å². The molecule has 0 aliphatic rings. The minimum Gasteiger partial charge on any atom is -0.397 e. The van der Waals surface area contributed by atoms with Gasteiger partial charge < -0.3 is 11.1 Å². The molecule has 1 heterocycles. The largest absolute Gasteiger partial charge is 0.397 e. The molecule has 7 heteroatoms. The number of nitrogens with one attached hydrogen (secondary N) is 2. The highest BCUT2D eigenvalue weighted by Crippen LogP contribution is 2.21. The summed E-state index contributed by atoms with van der Waals surface area (Å²) in [6, 6.07) is 3.00. The summed E-state index contributed by atoms with van der Waals surface area (Å²) in [5.41, 5.74) is 6.28. The third-order valence-corrected chi connectivity index (χ3v) is 2.87. The monoisotopic (exact) mass is 254 g/mol. The number of carbonyl (C=O) groups excluding carboxylic acids is 2. The average molecular weight is 254 g/mol. The lowest BCUT2D eigenvalue weighted by atomic mass is 10.4. The number of pyridine rings is 1. The molecule has 1 aromatic rings. The maximum Gasteiger partial charge on any atom is 0.321 e. The Morgan fingerprint density at radius 3 is 2.94 bits per heavy atom. The maximum absolute atomic E-state index is 11.3. The Bertz CT molecular complexity index is 411.